The van der Waals surface area contributed by atoms with Crippen LogP contribution in [0.5, 0.6) is 0 Å². The van der Waals surface area contributed by atoms with Gasteiger partial charge in [-0.15, -0.1) is 0 Å². The predicted octanol–water partition coefficient (Wildman–Crippen LogP) is 20.8. The van der Waals surface area contributed by atoms with Crippen LogP contribution in [0.25, 0.3) is 0 Å². The van der Waals surface area contributed by atoms with Crippen LogP contribution in [0.3, 0.4) is 0 Å². The van der Waals surface area contributed by atoms with E-state index >= 15 is 0 Å². The molecule has 78 heavy (non-hydrogen) atoms. The number of rotatable bonds is 60. The third kappa shape index (κ3) is 62.6. The molecule has 0 heterocycles. The Morgan fingerprint density at radius 3 is 1.09 bits per heavy atom. The van der Waals surface area contributed by atoms with Crippen LogP contribution < -0.4 is 0 Å². The first-order chi connectivity index (χ1) is 38.0. The number of hydrogen-bond acceptors (Lipinski definition) is 7. The van der Waals surface area contributed by atoms with E-state index in [9.17, 15) is 19.0 Å². The van der Waals surface area contributed by atoms with Crippen LogP contribution in [0.1, 0.15) is 296 Å². The number of allylic oxidation sites excluding steroid dienone is 12. The molecule has 0 saturated carbocycles. The lowest BCUT2D eigenvalue weighted by atomic mass is 10.0. The molecule has 0 aliphatic rings. The Hall–Kier alpha value is -2.55. The van der Waals surface area contributed by atoms with Crippen molar-refractivity contribution in [2.24, 2.45) is 0 Å². The summed E-state index contributed by atoms with van der Waals surface area (Å²) < 4.78 is 34.5. The van der Waals surface area contributed by atoms with Gasteiger partial charge in [0, 0.05) is 12.8 Å². The van der Waals surface area contributed by atoms with Gasteiger partial charge in [0.05, 0.1) is 27.7 Å². The summed E-state index contributed by atoms with van der Waals surface area (Å²) in [5, 5.41) is 0. The second kappa shape index (κ2) is 59.1. The maximum Gasteiger partial charge on any atom is 0.472 e. The molecule has 454 valence electrons. The van der Waals surface area contributed by atoms with E-state index in [1.165, 1.54) is 173 Å². The van der Waals surface area contributed by atoms with E-state index in [4.69, 9.17) is 18.5 Å². The van der Waals surface area contributed by atoms with E-state index in [2.05, 4.69) is 86.8 Å². The number of carbonyl (C=O) groups is 2. The van der Waals surface area contributed by atoms with Gasteiger partial charge in [0.25, 0.3) is 0 Å². The van der Waals surface area contributed by atoms with Crippen LogP contribution in [0.15, 0.2) is 72.9 Å². The number of hydrogen-bond donors (Lipinski definition) is 1. The summed E-state index contributed by atoms with van der Waals surface area (Å²) >= 11 is 0. The molecule has 0 saturated heterocycles. The summed E-state index contributed by atoms with van der Waals surface area (Å²) in [6, 6.07) is 0. The molecule has 0 aromatic heterocycles. The summed E-state index contributed by atoms with van der Waals surface area (Å²) in [7, 11) is 1.48. The third-order valence-electron chi connectivity index (χ3n) is 14.2. The Labute approximate surface area is 482 Å². The minimum absolute atomic E-state index is 0.0296. The van der Waals surface area contributed by atoms with Crippen LogP contribution in [-0.2, 0) is 32.7 Å². The van der Waals surface area contributed by atoms with Crippen molar-refractivity contribution < 1.29 is 42.1 Å². The minimum atomic E-state index is -4.39. The largest absolute Gasteiger partial charge is 0.472 e. The van der Waals surface area contributed by atoms with E-state index in [-0.39, 0.29) is 32.0 Å². The first-order valence-electron chi connectivity index (χ1n) is 32.7. The van der Waals surface area contributed by atoms with E-state index in [1.54, 1.807) is 0 Å². The first kappa shape index (κ1) is 75.5. The monoisotopic (exact) mass is 1110 g/mol. The van der Waals surface area contributed by atoms with Crippen molar-refractivity contribution in [3.63, 3.8) is 0 Å². The number of nitrogens with zero attached hydrogens (tertiary/aromatic N) is 1. The highest BCUT2D eigenvalue weighted by Crippen LogP contribution is 2.43. The maximum atomic E-state index is 12.8. The highest BCUT2D eigenvalue weighted by molar-refractivity contribution is 7.47. The fourth-order valence-electron chi connectivity index (χ4n) is 9.22. The average Bonchev–Trinajstić information content (AvgIpc) is 3.40. The van der Waals surface area contributed by atoms with Crippen LogP contribution in [0.4, 0.5) is 0 Å². The number of phosphoric acid groups is 1. The average molecular weight is 1120 g/mol. The lowest BCUT2D eigenvalue weighted by Crippen LogP contribution is -2.37. The lowest BCUT2D eigenvalue weighted by Gasteiger charge is -2.24. The number of quaternary nitrogens is 1. The van der Waals surface area contributed by atoms with E-state index in [0.29, 0.717) is 17.4 Å². The summed E-state index contributed by atoms with van der Waals surface area (Å²) in [6.45, 7) is 4.26. The number of likely N-dealkylation sites (N-methyl/N-ethyl adjacent to an activating group) is 1. The van der Waals surface area contributed by atoms with Crippen molar-refractivity contribution in [2.45, 2.75) is 302 Å². The van der Waals surface area contributed by atoms with Gasteiger partial charge in [-0.1, -0.05) is 279 Å². The Balaban J connectivity index is 3.85. The molecule has 0 aliphatic heterocycles. The second-order valence-corrected chi connectivity index (χ2v) is 24.6. The molecule has 0 amide bonds. The molecule has 0 bridgehead atoms. The molecule has 0 aliphatic carbocycles. The zero-order chi connectivity index (χ0) is 57.0. The highest BCUT2D eigenvalue weighted by Gasteiger charge is 2.27. The normalized spacial score (nSPS) is 13.7. The fourth-order valence-corrected chi connectivity index (χ4v) is 9.97. The van der Waals surface area contributed by atoms with Gasteiger partial charge >= 0.3 is 19.8 Å². The maximum absolute atomic E-state index is 12.8. The van der Waals surface area contributed by atoms with Crippen molar-refractivity contribution in [3.8, 4) is 0 Å². The Morgan fingerprint density at radius 2 is 0.731 bits per heavy atom. The number of esters is 2. The molecule has 1 N–H and O–H groups in total. The lowest BCUT2D eigenvalue weighted by molar-refractivity contribution is -0.870. The van der Waals surface area contributed by atoms with Gasteiger partial charge in [0.1, 0.15) is 19.8 Å². The standard InChI is InChI=1S/C68H124NO8P/c1-6-8-10-12-14-16-18-20-21-22-23-24-25-26-27-28-29-30-31-32-33-34-35-36-37-38-39-40-41-42-43-44-45-46-47-49-51-53-55-57-59-61-68(71)77-66(65-76-78(72,73)75-63-62-69(3,4)5)64-74-67(70)60-58-56-54-52-50-48-19-17-15-13-11-9-7-2/h8,10-11,13-14,16-17,19-21,23-24,66H,6-7,9,12,15,18,22,25-65H2,1-5H3/p+1/b10-8-,13-11-,16-14-,19-17-,21-20-,24-23-. The molecule has 0 rings (SSSR count). The molecular weight excluding hydrogens is 990 g/mol. The number of unbranched alkanes of at least 4 members (excludes halogenated alkanes) is 34. The summed E-state index contributed by atoms with van der Waals surface area (Å²) in [6.07, 6.45) is 78.9. The summed E-state index contributed by atoms with van der Waals surface area (Å²) in [5.41, 5.74) is 0. The van der Waals surface area contributed by atoms with Crippen molar-refractivity contribution >= 4 is 19.8 Å². The zero-order valence-electron chi connectivity index (χ0n) is 51.6. The quantitative estimate of drug-likeness (QED) is 0.0211. The van der Waals surface area contributed by atoms with Crippen molar-refractivity contribution in [2.75, 3.05) is 47.5 Å². The zero-order valence-corrected chi connectivity index (χ0v) is 52.5. The number of ether oxygens (including phenoxy) is 2. The summed E-state index contributed by atoms with van der Waals surface area (Å²) in [5.74, 6) is -0.805. The summed E-state index contributed by atoms with van der Waals surface area (Å²) in [4.78, 5) is 35.6. The molecule has 0 spiro atoms. The SMILES string of the molecule is CC/C=C\C/C=C\C/C=C\C/C=C\CCCCCCCCCCCCCCCCCCCCCCCCCCCCCCC(=O)OC(COC(=O)CCCCCCC/C=C\C/C=C\CCC)COP(=O)(O)OCC[N+](C)(C)C. The predicted molar refractivity (Wildman–Crippen MR) is 335 cm³/mol. The van der Waals surface area contributed by atoms with Crippen molar-refractivity contribution in [1.82, 2.24) is 0 Å². The first-order valence-corrected chi connectivity index (χ1v) is 34.2. The van der Waals surface area contributed by atoms with Crippen LogP contribution in [0, 0.1) is 0 Å². The molecule has 0 aromatic carbocycles. The van der Waals surface area contributed by atoms with E-state index in [0.717, 1.165) is 89.9 Å². The van der Waals surface area contributed by atoms with E-state index in [1.807, 2.05) is 21.1 Å². The van der Waals surface area contributed by atoms with Gasteiger partial charge in [-0.25, -0.2) is 4.57 Å². The molecule has 0 fully saturated rings. The molecule has 10 heteroatoms. The molecule has 9 nitrogen and oxygen atoms in total. The van der Waals surface area contributed by atoms with Crippen LogP contribution in [0.2, 0.25) is 0 Å². The Kier molecular flexibility index (Phi) is 57.2. The minimum Gasteiger partial charge on any atom is -0.462 e. The Bertz CT molecular complexity index is 1550. The molecule has 2 unspecified atom stereocenters. The van der Waals surface area contributed by atoms with Gasteiger partial charge < -0.3 is 18.9 Å². The van der Waals surface area contributed by atoms with Gasteiger partial charge in [-0.2, -0.15) is 0 Å². The molecule has 2 atom stereocenters. The number of phosphoric ester groups is 1. The number of carbonyl (C=O) groups excluding carboxylic acids is 2. The van der Waals surface area contributed by atoms with Gasteiger partial charge in [-0.05, 0) is 77.0 Å². The van der Waals surface area contributed by atoms with Crippen molar-refractivity contribution in [1.29, 1.82) is 0 Å². The fraction of sp³-hybridized carbons (Fsp3) is 0.794. The van der Waals surface area contributed by atoms with E-state index < -0.39 is 26.5 Å². The second-order valence-electron chi connectivity index (χ2n) is 23.1. The van der Waals surface area contributed by atoms with Crippen LogP contribution in [-0.4, -0.2) is 74.9 Å². The Morgan fingerprint density at radius 1 is 0.410 bits per heavy atom. The van der Waals surface area contributed by atoms with Gasteiger partial charge in [0.2, 0.25) is 0 Å². The van der Waals surface area contributed by atoms with Gasteiger partial charge in [0.15, 0.2) is 6.10 Å². The smallest absolute Gasteiger partial charge is 0.462 e. The topological polar surface area (TPSA) is 108 Å². The van der Waals surface area contributed by atoms with Gasteiger partial charge in [-0.3, -0.25) is 18.6 Å². The highest BCUT2D eigenvalue weighted by atomic mass is 31.2. The third-order valence-corrected chi connectivity index (χ3v) is 15.2. The molecule has 0 aromatic rings. The van der Waals surface area contributed by atoms with Crippen molar-refractivity contribution in [3.05, 3.63) is 72.9 Å². The molecule has 0 radical (unpaired) electrons. The van der Waals surface area contributed by atoms with Crippen LogP contribution >= 0.6 is 7.82 Å². The molecular formula is C68H125NO8P+.